The van der Waals surface area contributed by atoms with Crippen LogP contribution in [0.1, 0.15) is 24.9 Å². The number of sulfone groups is 1. The molecule has 1 aliphatic rings. The Bertz CT molecular complexity index is 421. The Hall–Kier alpha value is -0.390. The highest BCUT2D eigenvalue weighted by Crippen LogP contribution is 2.37. The lowest BCUT2D eigenvalue weighted by atomic mass is 10.1. The van der Waals surface area contributed by atoms with Gasteiger partial charge in [-0.15, -0.1) is 11.3 Å². The molecule has 5 heteroatoms. The first-order valence-electron chi connectivity index (χ1n) is 4.10. The topological polar surface area (TPSA) is 60.2 Å². The van der Waals surface area contributed by atoms with Gasteiger partial charge in [0.1, 0.15) is 4.21 Å². The average Bonchev–Trinajstić information content (AvgIpc) is 2.49. The second kappa shape index (κ2) is 2.80. The molecule has 2 heterocycles. The zero-order chi connectivity index (χ0) is 9.64. The summed E-state index contributed by atoms with van der Waals surface area (Å²) in [5, 5.41) is 1.45. The monoisotopic (exact) mass is 217 g/mol. The van der Waals surface area contributed by atoms with Gasteiger partial charge in [0.15, 0.2) is 9.84 Å². The molecular weight excluding hydrogens is 206 g/mol. The molecule has 1 aromatic heterocycles. The third-order valence-electron chi connectivity index (χ3n) is 2.43. The second-order valence-corrected chi connectivity index (χ2v) is 6.84. The first-order valence-corrected chi connectivity index (χ1v) is 6.53. The van der Waals surface area contributed by atoms with E-state index in [0.29, 0.717) is 10.6 Å². The van der Waals surface area contributed by atoms with E-state index in [1.54, 1.807) is 12.3 Å². The van der Waals surface area contributed by atoms with Crippen molar-refractivity contribution in [3.05, 3.63) is 17.0 Å². The zero-order valence-electron chi connectivity index (χ0n) is 7.23. The molecule has 2 rings (SSSR count). The Balaban J connectivity index is 2.66. The molecule has 1 aliphatic heterocycles. The number of nitrogens with two attached hydrogens (primary N) is 1. The van der Waals surface area contributed by atoms with E-state index in [1.807, 2.05) is 6.07 Å². The van der Waals surface area contributed by atoms with Gasteiger partial charge < -0.3 is 5.73 Å². The van der Waals surface area contributed by atoms with Gasteiger partial charge in [0, 0.05) is 6.04 Å². The number of rotatable bonds is 0. The van der Waals surface area contributed by atoms with E-state index in [9.17, 15) is 8.42 Å². The molecule has 2 N–H and O–H groups in total. The van der Waals surface area contributed by atoms with E-state index in [2.05, 4.69) is 0 Å². The molecule has 0 fully saturated rings. The van der Waals surface area contributed by atoms with Crippen molar-refractivity contribution in [3.63, 3.8) is 0 Å². The SMILES string of the molecule is C[C@@H]1C[C@@H](N)c2ccsc2S1(=O)=O. The summed E-state index contributed by atoms with van der Waals surface area (Å²) in [4.78, 5) is 0. The quantitative estimate of drug-likeness (QED) is 0.713. The summed E-state index contributed by atoms with van der Waals surface area (Å²) in [5.74, 6) is 0. The average molecular weight is 217 g/mol. The molecule has 3 nitrogen and oxygen atoms in total. The van der Waals surface area contributed by atoms with Crippen LogP contribution in [0.25, 0.3) is 0 Å². The Morgan fingerprint density at radius 2 is 2.31 bits per heavy atom. The Morgan fingerprint density at radius 1 is 1.62 bits per heavy atom. The molecule has 13 heavy (non-hydrogen) atoms. The largest absolute Gasteiger partial charge is 0.324 e. The van der Waals surface area contributed by atoms with Gasteiger partial charge in [0.05, 0.1) is 5.25 Å². The van der Waals surface area contributed by atoms with E-state index >= 15 is 0 Å². The predicted octanol–water partition coefficient (Wildman–Crippen LogP) is 1.31. The number of fused-ring (bicyclic) bond motifs is 1. The van der Waals surface area contributed by atoms with Crippen molar-refractivity contribution < 1.29 is 8.42 Å². The van der Waals surface area contributed by atoms with E-state index in [0.717, 1.165) is 5.56 Å². The van der Waals surface area contributed by atoms with Crippen LogP contribution in [0.3, 0.4) is 0 Å². The van der Waals surface area contributed by atoms with Gasteiger partial charge in [-0.3, -0.25) is 0 Å². The van der Waals surface area contributed by atoms with Crippen LogP contribution >= 0.6 is 11.3 Å². The standard InChI is InChI=1S/C8H11NO2S2/c1-5-4-7(9)6-2-3-12-8(6)13(5,10)11/h2-3,5,7H,4,9H2,1H3/t5-,7-/m1/s1. The lowest BCUT2D eigenvalue weighted by Gasteiger charge is -2.23. The normalized spacial score (nSPS) is 31.2. The predicted molar refractivity (Wildman–Crippen MR) is 52.5 cm³/mol. The first-order chi connectivity index (χ1) is 6.03. The highest BCUT2D eigenvalue weighted by Gasteiger charge is 2.35. The minimum Gasteiger partial charge on any atom is -0.324 e. The van der Waals surface area contributed by atoms with Crippen LogP contribution in [0, 0.1) is 0 Å². The molecule has 0 bridgehead atoms. The Kier molecular flexibility index (Phi) is 1.98. The third-order valence-corrected chi connectivity index (χ3v) is 6.14. The van der Waals surface area contributed by atoms with E-state index in [4.69, 9.17) is 5.73 Å². The van der Waals surface area contributed by atoms with Crippen molar-refractivity contribution in [2.45, 2.75) is 28.8 Å². The van der Waals surface area contributed by atoms with Crippen molar-refractivity contribution >= 4 is 21.2 Å². The fourth-order valence-corrected chi connectivity index (χ4v) is 4.87. The van der Waals surface area contributed by atoms with Crippen LogP contribution in [0.4, 0.5) is 0 Å². The van der Waals surface area contributed by atoms with Crippen LogP contribution in [-0.2, 0) is 9.84 Å². The summed E-state index contributed by atoms with van der Waals surface area (Å²) in [6.07, 6.45) is 0.534. The molecule has 0 spiro atoms. The van der Waals surface area contributed by atoms with Gasteiger partial charge in [-0.2, -0.15) is 0 Å². The summed E-state index contributed by atoms with van der Waals surface area (Å²) >= 11 is 1.27. The van der Waals surface area contributed by atoms with Gasteiger partial charge in [0.2, 0.25) is 0 Å². The van der Waals surface area contributed by atoms with Crippen molar-refractivity contribution in [1.82, 2.24) is 0 Å². The summed E-state index contributed by atoms with van der Waals surface area (Å²) in [7, 11) is -3.07. The van der Waals surface area contributed by atoms with Crippen LogP contribution < -0.4 is 5.73 Å². The number of hydrogen-bond donors (Lipinski definition) is 1. The molecule has 72 valence electrons. The molecule has 0 aromatic carbocycles. The maximum atomic E-state index is 11.8. The zero-order valence-corrected chi connectivity index (χ0v) is 8.86. The summed E-state index contributed by atoms with van der Waals surface area (Å²) < 4.78 is 24.0. The molecule has 0 aliphatic carbocycles. The van der Waals surface area contributed by atoms with Crippen LogP contribution in [0.15, 0.2) is 15.7 Å². The maximum absolute atomic E-state index is 11.8. The van der Waals surface area contributed by atoms with Gasteiger partial charge in [-0.05, 0) is 30.4 Å². The van der Waals surface area contributed by atoms with Crippen molar-refractivity contribution in [3.8, 4) is 0 Å². The molecular formula is C8H11NO2S2. The third kappa shape index (κ3) is 1.22. The van der Waals surface area contributed by atoms with Gasteiger partial charge in [0.25, 0.3) is 0 Å². The molecule has 1 aromatic rings. The van der Waals surface area contributed by atoms with Crippen LogP contribution in [0.5, 0.6) is 0 Å². The summed E-state index contributed by atoms with van der Waals surface area (Å²) in [6, 6.07) is 1.70. The fourth-order valence-electron chi connectivity index (χ4n) is 1.61. The highest BCUT2D eigenvalue weighted by atomic mass is 32.2. The van der Waals surface area contributed by atoms with Gasteiger partial charge in [-0.1, -0.05) is 0 Å². The van der Waals surface area contributed by atoms with Crippen molar-refractivity contribution in [1.29, 1.82) is 0 Å². The Labute approximate surface area is 81.5 Å². The van der Waals surface area contributed by atoms with E-state index in [1.165, 1.54) is 11.3 Å². The van der Waals surface area contributed by atoms with Crippen LogP contribution in [-0.4, -0.2) is 13.7 Å². The molecule has 0 saturated carbocycles. The van der Waals surface area contributed by atoms with E-state index in [-0.39, 0.29) is 11.3 Å². The summed E-state index contributed by atoms with van der Waals surface area (Å²) in [6.45, 7) is 1.72. The molecule has 2 atom stereocenters. The Morgan fingerprint density at radius 3 is 3.00 bits per heavy atom. The fraction of sp³-hybridized carbons (Fsp3) is 0.500. The number of hydrogen-bond acceptors (Lipinski definition) is 4. The maximum Gasteiger partial charge on any atom is 0.190 e. The van der Waals surface area contributed by atoms with Crippen molar-refractivity contribution in [2.24, 2.45) is 5.73 Å². The highest BCUT2D eigenvalue weighted by molar-refractivity contribution is 7.94. The minimum absolute atomic E-state index is 0.111. The van der Waals surface area contributed by atoms with Gasteiger partial charge in [-0.25, -0.2) is 8.42 Å². The smallest absolute Gasteiger partial charge is 0.190 e. The van der Waals surface area contributed by atoms with Gasteiger partial charge >= 0.3 is 0 Å². The van der Waals surface area contributed by atoms with E-state index < -0.39 is 9.84 Å². The molecule has 0 radical (unpaired) electrons. The second-order valence-electron chi connectivity index (χ2n) is 3.36. The lowest BCUT2D eigenvalue weighted by molar-refractivity contribution is 0.542. The lowest BCUT2D eigenvalue weighted by Crippen LogP contribution is -2.29. The first kappa shape index (κ1) is 9.18. The summed E-state index contributed by atoms with van der Waals surface area (Å²) in [5.41, 5.74) is 6.64. The van der Waals surface area contributed by atoms with Crippen LogP contribution in [0.2, 0.25) is 0 Å². The minimum atomic E-state index is -3.07. The molecule has 0 saturated heterocycles. The molecule has 0 unspecified atom stereocenters. The number of thiophene rings is 1. The molecule has 0 amide bonds. The van der Waals surface area contributed by atoms with Crippen molar-refractivity contribution in [2.75, 3.05) is 0 Å².